The van der Waals surface area contributed by atoms with Crippen molar-refractivity contribution in [1.82, 2.24) is 0 Å². The third kappa shape index (κ3) is 10.6. The van der Waals surface area contributed by atoms with Crippen molar-refractivity contribution in [3.63, 3.8) is 0 Å². The summed E-state index contributed by atoms with van der Waals surface area (Å²) in [6, 6.07) is 0. The molecule has 0 aliphatic carbocycles. The van der Waals surface area contributed by atoms with Crippen LogP contribution in [0.2, 0.25) is 0 Å². The summed E-state index contributed by atoms with van der Waals surface area (Å²) in [4.78, 5) is 10.3. The van der Waals surface area contributed by atoms with Crippen molar-refractivity contribution in [2.75, 3.05) is 0 Å². The molecule has 0 aromatic heterocycles. The molecule has 6 nitrogen and oxygen atoms in total. The average Bonchev–Trinajstić information content (AvgIpc) is 3.04. The number of aliphatic carboxylic acids is 1. The minimum Gasteiger partial charge on any atom is -0.481 e. The smallest absolute Gasteiger partial charge is 0.303 e. The Balaban J connectivity index is 2.16. The standard InChI is InChI=1S/C22H34O6/c1-2-20-19(25)16-21(28-20)18(24)15-14-17(23)12-10-8-6-4-3-5-7-9-11-13-22(26)27/h3-4,7-10,14-15,17-21,23-25H,2,5-6,11-13,16H2,1H3,(H,26,27)/b4-3-,9-7-,10-8-,15-14+/t17-,18-,19-,20+,21+/m0/s1. The lowest BCUT2D eigenvalue weighted by molar-refractivity contribution is -0.136. The number of hydrogen-bond donors (Lipinski definition) is 4. The van der Waals surface area contributed by atoms with Crippen LogP contribution in [0.5, 0.6) is 0 Å². The highest BCUT2D eigenvalue weighted by Gasteiger charge is 2.35. The molecule has 0 aromatic carbocycles. The van der Waals surface area contributed by atoms with Gasteiger partial charge in [-0.2, -0.15) is 0 Å². The van der Waals surface area contributed by atoms with Crippen molar-refractivity contribution in [2.45, 2.75) is 82.4 Å². The summed E-state index contributed by atoms with van der Waals surface area (Å²) in [7, 11) is 0. The van der Waals surface area contributed by atoms with Gasteiger partial charge in [-0.3, -0.25) is 4.79 Å². The van der Waals surface area contributed by atoms with Gasteiger partial charge in [0, 0.05) is 12.8 Å². The van der Waals surface area contributed by atoms with Crippen LogP contribution < -0.4 is 0 Å². The van der Waals surface area contributed by atoms with Crippen LogP contribution in [0.15, 0.2) is 48.6 Å². The van der Waals surface area contributed by atoms with E-state index < -0.39 is 30.4 Å². The maximum Gasteiger partial charge on any atom is 0.303 e. The van der Waals surface area contributed by atoms with Gasteiger partial charge >= 0.3 is 5.97 Å². The van der Waals surface area contributed by atoms with E-state index in [4.69, 9.17) is 9.84 Å². The topological polar surface area (TPSA) is 107 Å². The first-order chi connectivity index (χ1) is 13.4. The van der Waals surface area contributed by atoms with Crippen molar-refractivity contribution < 1.29 is 30.0 Å². The molecule has 1 heterocycles. The molecule has 0 saturated carbocycles. The van der Waals surface area contributed by atoms with Crippen LogP contribution in [-0.4, -0.2) is 56.9 Å². The van der Waals surface area contributed by atoms with Crippen LogP contribution in [0.1, 0.15) is 51.9 Å². The van der Waals surface area contributed by atoms with Gasteiger partial charge in [0.2, 0.25) is 0 Å². The number of carboxylic acids is 1. The first-order valence-corrected chi connectivity index (χ1v) is 9.98. The fourth-order valence-corrected chi connectivity index (χ4v) is 2.90. The summed E-state index contributed by atoms with van der Waals surface area (Å²) in [5.74, 6) is -0.785. The van der Waals surface area contributed by atoms with Crippen molar-refractivity contribution in [3.05, 3.63) is 48.6 Å². The second-order valence-electron chi connectivity index (χ2n) is 6.92. The maximum absolute atomic E-state index is 10.3. The average molecular weight is 395 g/mol. The number of aliphatic hydroxyl groups is 3. The number of aliphatic hydroxyl groups excluding tert-OH is 3. The van der Waals surface area contributed by atoms with E-state index in [9.17, 15) is 20.1 Å². The van der Waals surface area contributed by atoms with Crippen LogP contribution in [0.25, 0.3) is 0 Å². The van der Waals surface area contributed by atoms with Crippen LogP contribution in [-0.2, 0) is 9.53 Å². The summed E-state index contributed by atoms with van der Waals surface area (Å²) >= 11 is 0. The molecule has 158 valence electrons. The number of carboxylic acid groups (broad SMARTS) is 1. The highest BCUT2D eigenvalue weighted by Crippen LogP contribution is 2.25. The molecule has 0 aromatic rings. The molecule has 5 atom stereocenters. The van der Waals surface area contributed by atoms with E-state index in [0.29, 0.717) is 25.7 Å². The normalized spacial score (nSPS) is 25.5. The lowest BCUT2D eigenvalue weighted by Crippen LogP contribution is -2.24. The van der Waals surface area contributed by atoms with Gasteiger partial charge in [-0.05, 0) is 32.1 Å². The number of allylic oxidation sites excluding steroid dienone is 5. The molecular weight excluding hydrogens is 360 g/mol. The Morgan fingerprint density at radius 1 is 1.07 bits per heavy atom. The van der Waals surface area contributed by atoms with E-state index in [-0.39, 0.29) is 12.5 Å². The zero-order chi connectivity index (χ0) is 20.8. The lowest BCUT2D eigenvalue weighted by Gasteiger charge is -2.16. The SMILES string of the molecule is CC[C@H]1O[C@@H]([C@@H](O)/C=C/[C@@H](O)C/C=C\C/C=C\C/C=C\CCC(=O)O)C[C@@H]1O. The van der Waals surface area contributed by atoms with E-state index >= 15 is 0 Å². The molecule has 28 heavy (non-hydrogen) atoms. The van der Waals surface area contributed by atoms with Gasteiger partial charge in [-0.25, -0.2) is 0 Å². The molecule has 0 spiro atoms. The molecule has 0 bridgehead atoms. The molecule has 1 saturated heterocycles. The highest BCUT2D eigenvalue weighted by atomic mass is 16.5. The largest absolute Gasteiger partial charge is 0.481 e. The molecule has 1 aliphatic heterocycles. The quantitative estimate of drug-likeness (QED) is 0.358. The maximum atomic E-state index is 10.3. The van der Waals surface area contributed by atoms with E-state index in [2.05, 4.69) is 0 Å². The molecule has 4 N–H and O–H groups in total. The van der Waals surface area contributed by atoms with E-state index in [0.717, 1.165) is 12.8 Å². The molecule has 1 fully saturated rings. The number of carbonyl (C=O) groups is 1. The summed E-state index contributed by atoms with van der Waals surface area (Å²) < 4.78 is 5.61. The Morgan fingerprint density at radius 3 is 2.32 bits per heavy atom. The predicted molar refractivity (Wildman–Crippen MR) is 109 cm³/mol. The van der Waals surface area contributed by atoms with E-state index in [1.165, 1.54) is 6.08 Å². The van der Waals surface area contributed by atoms with Gasteiger partial charge < -0.3 is 25.2 Å². The van der Waals surface area contributed by atoms with Crippen molar-refractivity contribution >= 4 is 5.97 Å². The van der Waals surface area contributed by atoms with E-state index in [1.54, 1.807) is 6.08 Å². The minimum atomic E-state index is -0.837. The molecule has 1 aliphatic rings. The van der Waals surface area contributed by atoms with Gasteiger partial charge in [-0.15, -0.1) is 0 Å². The van der Waals surface area contributed by atoms with Crippen molar-refractivity contribution in [2.24, 2.45) is 0 Å². The fourth-order valence-electron chi connectivity index (χ4n) is 2.90. The van der Waals surface area contributed by atoms with Crippen LogP contribution >= 0.6 is 0 Å². The van der Waals surface area contributed by atoms with Crippen molar-refractivity contribution in [3.8, 4) is 0 Å². The third-order valence-corrected chi connectivity index (χ3v) is 4.51. The fraction of sp³-hybridized carbons (Fsp3) is 0.591. The van der Waals surface area contributed by atoms with Gasteiger partial charge in [0.25, 0.3) is 0 Å². The zero-order valence-electron chi connectivity index (χ0n) is 16.6. The Kier molecular flexibility index (Phi) is 12.4. The molecule has 0 unspecified atom stereocenters. The lowest BCUT2D eigenvalue weighted by atomic mass is 10.1. The summed E-state index contributed by atoms with van der Waals surface area (Å²) in [5.41, 5.74) is 0. The Morgan fingerprint density at radius 2 is 1.71 bits per heavy atom. The summed E-state index contributed by atoms with van der Waals surface area (Å²) in [6.45, 7) is 1.93. The third-order valence-electron chi connectivity index (χ3n) is 4.51. The first kappa shape index (κ1) is 24.3. The second kappa shape index (κ2) is 14.3. The molecule has 6 heteroatoms. The van der Waals surface area contributed by atoms with Crippen molar-refractivity contribution in [1.29, 1.82) is 0 Å². The predicted octanol–water partition coefficient (Wildman–Crippen LogP) is 2.90. The summed E-state index contributed by atoms with van der Waals surface area (Å²) in [6.07, 6.45) is 15.9. The highest BCUT2D eigenvalue weighted by molar-refractivity contribution is 5.66. The molecular formula is C22H34O6. The van der Waals surface area contributed by atoms with Gasteiger partial charge in [-0.1, -0.05) is 55.5 Å². The number of hydrogen-bond acceptors (Lipinski definition) is 5. The van der Waals surface area contributed by atoms with Gasteiger partial charge in [0.15, 0.2) is 0 Å². The first-order valence-electron chi connectivity index (χ1n) is 9.98. The van der Waals surface area contributed by atoms with Gasteiger partial charge in [0.1, 0.15) is 0 Å². The number of ether oxygens (including phenoxy) is 1. The molecule has 0 amide bonds. The Labute approximate surface area is 167 Å². The van der Waals surface area contributed by atoms with Crippen LogP contribution in [0.4, 0.5) is 0 Å². The summed E-state index contributed by atoms with van der Waals surface area (Å²) in [5, 5.41) is 38.4. The van der Waals surface area contributed by atoms with E-state index in [1.807, 2.05) is 43.4 Å². The number of rotatable bonds is 13. The van der Waals surface area contributed by atoms with Crippen LogP contribution in [0.3, 0.4) is 0 Å². The minimum absolute atomic E-state index is 0.158. The second-order valence-corrected chi connectivity index (χ2v) is 6.92. The molecule has 0 radical (unpaired) electrons. The zero-order valence-corrected chi connectivity index (χ0v) is 16.6. The molecule has 1 rings (SSSR count). The van der Waals surface area contributed by atoms with Crippen LogP contribution in [0, 0.1) is 0 Å². The Bertz CT molecular complexity index is 551. The Hall–Kier alpha value is -1.73. The monoisotopic (exact) mass is 394 g/mol. The van der Waals surface area contributed by atoms with Gasteiger partial charge in [0.05, 0.1) is 30.5 Å².